The maximum absolute atomic E-state index is 12.9. The summed E-state index contributed by atoms with van der Waals surface area (Å²) >= 11 is 0. The highest BCUT2D eigenvalue weighted by molar-refractivity contribution is 6.76. The molecule has 0 N–H and O–H groups in total. The lowest BCUT2D eigenvalue weighted by Gasteiger charge is -2.16. The number of ether oxygens (including phenoxy) is 2. The first kappa shape index (κ1) is 22.7. The Morgan fingerprint density at radius 2 is 1.21 bits per heavy atom. The molecule has 0 aliphatic carbocycles. The van der Waals surface area contributed by atoms with Crippen molar-refractivity contribution in [1.82, 2.24) is 19.6 Å². The van der Waals surface area contributed by atoms with Crippen molar-refractivity contribution in [3.05, 3.63) is 35.9 Å². The molecule has 28 heavy (non-hydrogen) atoms. The van der Waals surface area contributed by atoms with Crippen molar-refractivity contribution in [2.24, 2.45) is 0 Å². The van der Waals surface area contributed by atoms with Crippen LogP contribution in [-0.2, 0) is 22.7 Å². The molecule has 0 fully saturated rings. The van der Waals surface area contributed by atoms with Gasteiger partial charge in [0, 0.05) is 41.8 Å². The molecule has 0 unspecified atom stereocenters. The van der Waals surface area contributed by atoms with Crippen LogP contribution in [-0.4, -0.2) is 55.0 Å². The minimum Gasteiger partial charge on any atom is -0.375 e. The van der Waals surface area contributed by atoms with E-state index in [0.717, 1.165) is 23.5 Å². The van der Waals surface area contributed by atoms with Crippen LogP contribution in [0.1, 0.15) is 11.4 Å². The van der Waals surface area contributed by atoms with Crippen molar-refractivity contribution < 1.29 is 14.3 Å². The van der Waals surface area contributed by atoms with E-state index in [1.807, 2.05) is 0 Å². The van der Waals surface area contributed by atoms with Crippen molar-refractivity contribution >= 4 is 22.2 Å². The van der Waals surface area contributed by atoms with Gasteiger partial charge >= 0.3 is 6.03 Å². The lowest BCUT2D eigenvalue weighted by molar-refractivity contribution is 0.125. The Kier molecular flexibility index (Phi) is 7.93. The third-order valence-electron chi connectivity index (χ3n) is 4.30. The number of rotatable bonds is 10. The average molecular weight is 423 g/mol. The van der Waals surface area contributed by atoms with Gasteiger partial charge in [0.05, 0.1) is 24.6 Å². The quantitative estimate of drug-likeness (QED) is 0.421. The van der Waals surface area contributed by atoms with Gasteiger partial charge in [-0.1, -0.05) is 39.3 Å². The van der Waals surface area contributed by atoms with Crippen molar-refractivity contribution in [3.63, 3.8) is 0 Å². The SMILES string of the molecule is C[Si](C)(C)CCOCc1ccnn1C(=O)n1nccc1COCC[Si](C)(C)C. The van der Waals surface area contributed by atoms with Crippen LogP contribution in [0.25, 0.3) is 0 Å². The summed E-state index contributed by atoms with van der Waals surface area (Å²) in [5.41, 5.74) is 1.45. The first-order valence-electron chi connectivity index (χ1n) is 9.83. The minimum atomic E-state index is -1.13. The largest absolute Gasteiger partial charge is 0.375 e. The van der Waals surface area contributed by atoms with Crippen LogP contribution in [0.2, 0.25) is 51.4 Å². The molecule has 0 saturated heterocycles. The summed E-state index contributed by atoms with van der Waals surface area (Å²) in [6, 6.07) is 5.48. The fourth-order valence-corrected chi connectivity index (χ4v) is 3.94. The first-order chi connectivity index (χ1) is 13.1. The molecule has 156 valence electrons. The third kappa shape index (κ3) is 7.46. The van der Waals surface area contributed by atoms with Gasteiger partial charge in [0.2, 0.25) is 0 Å². The average Bonchev–Trinajstić information content (AvgIpc) is 3.22. The Morgan fingerprint density at radius 1 is 0.821 bits per heavy atom. The summed E-state index contributed by atoms with van der Waals surface area (Å²) in [7, 11) is -2.27. The van der Waals surface area contributed by atoms with Crippen molar-refractivity contribution in [2.75, 3.05) is 13.2 Å². The number of hydrogen-bond donors (Lipinski definition) is 0. The highest BCUT2D eigenvalue weighted by Gasteiger charge is 2.18. The maximum Gasteiger partial charge on any atom is 0.369 e. The minimum absolute atomic E-state index is 0.317. The Balaban J connectivity index is 1.94. The van der Waals surface area contributed by atoms with Gasteiger partial charge in [-0.15, -0.1) is 0 Å². The zero-order chi connectivity index (χ0) is 20.8. The molecule has 0 aliphatic rings. The monoisotopic (exact) mass is 422 g/mol. The second kappa shape index (κ2) is 9.77. The first-order valence-corrected chi connectivity index (χ1v) is 17.2. The zero-order valence-electron chi connectivity index (χ0n) is 18.1. The summed E-state index contributed by atoms with van der Waals surface area (Å²) in [5.74, 6) is 0. The molecule has 2 aromatic rings. The van der Waals surface area contributed by atoms with Crippen LogP contribution in [0, 0.1) is 0 Å². The summed E-state index contributed by atoms with van der Waals surface area (Å²) < 4.78 is 14.3. The second-order valence-electron chi connectivity index (χ2n) is 9.48. The molecular formula is C19H34N4O3Si2. The van der Waals surface area contributed by atoms with E-state index in [-0.39, 0.29) is 6.03 Å². The van der Waals surface area contributed by atoms with E-state index in [1.54, 1.807) is 24.5 Å². The van der Waals surface area contributed by atoms with Gasteiger partial charge in [-0.05, 0) is 24.2 Å². The highest BCUT2D eigenvalue weighted by Crippen LogP contribution is 2.12. The second-order valence-corrected chi connectivity index (χ2v) is 20.7. The normalized spacial score (nSPS) is 12.5. The van der Waals surface area contributed by atoms with Crippen molar-refractivity contribution in [3.8, 4) is 0 Å². The van der Waals surface area contributed by atoms with E-state index in [1.165, 1.54) is 9.36 Å². The third-order valence-corrected chi connectivity index (χ3v) is 7.71. The Labute approximate surface area is 170 Å². The van der Waals surface area contributed by atoms with Crippen LogP contribution in [0.3, 0.4) is 0 Å². The molecule has 2 heterocycles. The molecule has 0 aromatic carbocycles. The van der Waals surface area contributed by atoms with Crippen molar-refractivity contribution in [1.29, 1.82) is 0 Å². The van der Waals surface area contributed by atoms with E-state index in [4.69, 9.17) is 9.47 Å². The van der Waals surface area contributed by atoms with Crippen LogP contribution in [0.15, 0.2) is 24.5 Å². The standard InChI is InChI=1S/C19H34N4O3Si2/c1-27(2,3)13-11-25-15-17-7-9-20-22(17)19(24)23-18(8-10-21-23)16-26-12-14-28(4,5)6/h7-10H,11-16H2,1-6H3. The fourth-order valence-electron chi connectivity index (χ4n) is 2.42. The summed E-state index contributed by atoms with van der Waals surface area (Å²) in [5, 5.41) is 8.34. The van der Waals surface area contributed by atoms with Gasteiger partial charge < -0.3 is 9.47 Å². The predicted octanol–water partition coefficient (Wildman–Crippen LogP) is 4.31. The topological polar surface area (TPSA) is 71.2 Å². The van der Waals surface area contributed by atoms with Gasteiger partial charge in [-0.3, -0.25) is 0 Å². The maximum atomic E-state index is 12.9. The molecule has 2 aromatic heterocycles. The molecule has 0 atom stereocenters. The molecule has 0 bridgehead atoms. The summed E-state index contributed by atoms with van der Waals surface area (Å²) in [4.78, 5) is 12.9. The van der Waals surface area contributed by atoms with Gasteiger partial charge in [0.15, 0.2) is 0 Å². The molecule has 0 amide bonds. The molecule has 0 radical (unpaired) electrons. The molecule has 2 rings (SSSR count). The van der Waals surface area contributed by atoms with Crippen LogP contribution < -0.4 is 0 Å². The predicted molar refractivity (Wildman–Crippen MR) is 116 cm³/mol. The lowest BCUT2D eigenvalue weighted by atomic mass is 10.4. The molecule has 0 spiro atoms. The highest BCUT2D eigenvalue weighted by atomic mass is 28.3. The van der Waals surface area contributed by atoms with E-state index in [2.05, 4.69) is 49.5 Å². The summed E-state index contributed by atoms with van der Waals surface area (Å²) in [6.07, 6.45) is 3.23. The number of hydrogen-bond acceptors (Lipinski definition) is 5. The van der Waals surface area contributed by atoms with Crippen molar-refractivity contribution in [2.45, 2.75) is 64.6 Å². The number of carbonyl (C=O) groups is 1. The molecule has 0 saturated carbocycles. The van der Waals surface area contributed by atoms with Gasteiger partial charge in [0.1, 0.15) is 0 Å². The smallest absolute Gasteiger partial charge is 0.369 e. The molecule has 0 aliphatic heterocycles. The van der Waals surface area contributed by atoms with Crippen LogP contribution >= 0.6 is 0 Å². The Morgan fingerprint density at radius 3 is 1.57 bits per heavy atom. The van der Waals surface area contributed by atoms with E-state index >= 15 is 0 Å². The Hall–Kier alpha value is -1.56. The molecule has 9 heteroatoms. The lowest BCUT2D eigenvalue weighted by Crippen LogP contribution is -2.26. The fraction of sp³-hybridized carbons (Fsp3) is 0.632. The van der Waals surface area contributed by atoms with E-state index in [9.17, 15) is 4.79 Å². The molecular weight excluding hydrogens is 388 g/mol. The number of nitrogens with zero attached hydrogens (tertiary/aromatic N) is 4. The van der Waals surface area contributed by atoms with Gasteiger partial charge in [-0.2, -0.15) is 19.6 Å². The Bertz CT molecular complexity index is 698. The van der Waals surface area contributed by atoms with Gasteiger partial charge in [0.25, 0.3) is 0 Å². The van der Waals surface area contributed by atoms with Crippen LogP contribution in [0.5, 0.6) is 0 Å². The number of aromatic nitrogens is 4. The van der Waals surface area contributed by atoms with E-state index in [0.29, 0.717) is 26.4 Å². The summed E-state index contributed by atoms with van der Waals surface area (Å²) in [6.45, 7) is 16.0. The molecule has 7 nitrogen and oxygen atoms in total. The van der Waals surface area contributed by atoms with Gasteiger partial charge in [-0.25, -0.2) is 4.79 Å². The van der Waals surface area contributed by atoms with Crippen LogP contribution in [0.4, 0.5) is 4.79 Å². The number of carbonyl (C=O) groups excluding carboxylic acids is 1. The van der Waals surface area contributed by atoms with E-state index < -0.39 is 16.1 Å². The zero-order valence-corrected chi connectivity index (χ0v) is 20.1.